The number of rotatable bonds is 12. The van der Waals surface area contributed by atoms with E-state index in [-0.39, 0.29) is 12.7 Å². The van der Waals surface area contributed by atoms with Gasteiger partial charge in [-0.1, -0.05) is 58.3 Å². The summed E-state index contributed by atoms with van der Waals surface area (Å²) in [5.41, 5.74) is 0. The van der Waals surface area contributed by atoms with Crippen molar-refractivity contribution in [2.45, 2.75) is 77.7 Å². The van der Waals surface area contributed by atoms with Crippen LogP contribution in [0, 0.1) is 0 Å². The third-order valence-electron chi connectivity index (χ3n) is 2.95. The Morgan fingerprint density at radius 1 is 0.938 bits per heavy atom. The van der Waals surface area contributed by atoms with Gasteiger partial charge in [0.2, 0.25) is 0 Å². The predicted molar refractivity (Wildman–Crippen MR) is 68.2 cm³/mol. The van der Waals surface area contributed by atoms with Gasteiger partial charge < -0.3 is 4.74 Å². The highest BCUT2D eigenvalue weighted by molar-refractivity contribution is 4.52. The molecule has 0 aromatic heterocycles. The molecule has 97 valence electrons. The second kappa shape index (κ2) is 13.0. The maximum Gasteiger partial charge on any atom is 0.106 e. The minimum absolute atomic E-state index is 0.109. The van der Waals surface area contributed by atoms with E-state index in [1.165, 1.54) is 51.4 Å². The van der Waals surface area contributed by atoms with Gasteiger partial charge in [-0.3, -0.25) is 0 Å². The van der Waals surface area contributed by atoms with E-state index in [4.69, 9.17) is 4.74 Å². The molecule has 2 nitrogen and oxygen atoms in total. The SMILES string of the molecule is CCCCCCCCCCC(C)OCC[O]. The average Bonchev–Trinajstić information content (AvgIpc) is 2.30. The second-order valence-electron chi connectivity index (χ2n) is 4.65. The third kappa shape index (κ3) is 12.0. The quantitative estimate of drug-likeness (QED) is 0.457. The van der Waals surface area contributed by atoms with Crippen molar-refractivity contribution in [1.29, 1.82) is 0 Å². The third-order valence-corrected chi connectivity index (χ3v) is 2.95. The van der Waals surface area contributed by atoms with Gasteiger partial charge in [0, 0.05) is 0 Å². The van der Waals surface area contributed by atoms with E-state index >= 15 is 0 Å². The van der Waals surface area contributed by atoms with Crippen molar-refractivity contribution in [2.75, 3.05) is 13.2 Å². The first kappa shape index (κ1) is 15.9. The average molecular weight is 229 g/mol. The Hall–Kier alpha value is -0.0800. The van der Waals surface area contributed by atoms with Gasteiger partial charge in [0.1, 0.15) is 6.61 Å². The highest BCUT2D eigenvalue weighted by atomic mass is 16.5. The zero-order valence-corrected chi connectivity index (χ0v) is 11.2. The van der Waals surface area contributed by atoms with Crippen LogP contribution in [0.4, 0.5) is 0 Å². The van der Waals surface area contributed by atoms with Gasteiger partial charge in [0.05, 0.1) is 12.7 Å². The molecule has 0 aliphatic heterocycles. The lowest BCUT2D eigenvalue weighted by Gasteiger charge is -2.11. The molecule has 16 heavy (non-hydrogen) atoms. The first-order valence-electron chi connectivity index (χ1n) is 7.01. The molecule has 0 bridgehead atoms. The van der Waals surface area contributed by atoms with Crippen molar-refractivity contribution < 1.29 is 9.84 Å². The van der Waals surface area contributed by atoms with Crippen LogP contribution in [0.15, 0.2) is 0 Å². The van der Waals surface area contributed by atoms with Crippen molar-refractivity contribution in [2.24, 2.45) is 0 Å². The first-order chi connectivity index (χ1) is 7.81. The molecule has 0 fully saturated rings. The maximum absolute atomic E-state index is 10.2. The number of unbranched alkanes of at least 4 members (excludes halogenated alkanes) is 7. The van der Waals surface area contributed by atoms with Gasteiger partial charge in [-0.05, 0) is 13.3 Å². The monoisotopic (exact) mass is 229 g/mol. The van der Waals surface area contributed by atoms with E-state index in [1.807, 2.05) is 0 Å². The highest BCUT2D eigenvalue weighted by Crippen LogP contribution is 2.11. The molecule has 0 amide bonds. The van der Waals surface area contributed by atoms with Crippen LogP contribution in [0.25, 0.3) is 0 Å². The van der Waals surface area contributed by atoms with Crippen molar-refractivity contribution >= 4 is 0 Å². The molecule has 0 spiro atoms. The number of hydrogen-bond donors (Lipinski definition) is 0. The summed E-state index contributed by atoms with van der Waals surface area (Å²) < 4.78 is 5.34. The lowest BCUT2D eigenvalue weighted by atomic mass is 10.1. The van der Waals surface area contributed by atoms with Crippen LogP contribution in [-0.4, -0.2) is 19.3 Å². The van der Waals surface area contributed by atoms with Crippen LogP contribution in [0.3, 0.4) is 0 Å². The summed E-state index contributed by atoms with van der Waals surface area (Å²) in [6.45, 7) is 4.58. The zero-order valence-electron chi connectivity index (χ0n) is 11.2. The highest BCUT2D eigenvalue weighted by Gasteiger charge is 2.01. The summed E-state index contributed by atoms with van der Waals surface area (Å²) in [7, 11) is 0. The Morgan fingerprint density at radius 3 is 2.06 bits per heavy atom. The summed E-state index contributed by atoms with van der Waals surface area (Å²) in [5, 5.41) is 10.2. The molecular weight excluding hydrogens is 200 g/mol. The Balaban J connectivity index is 3.02. The fraction of sp³-hybridized carbons (Fsp3) is 1.00. The van der Waals surface area contributed by atoms with Crippen LogP contribution in [0.5, 0.6) is 0 Å². The van der Waals surface area contributed by atoms with Gasteiger partial charge in [0.25, 0.3) is 0 Å². The Morgan fingerprint density at radius 2 is 1.50 bits per heavy atom. The normalized spacial score (nSPS) is 12.9. The van der Waals surface area contributed by atoms with Gasteiger partial charge in [0.15, 0.2) is 0 Å². The van der Waals surface area contributed by atoms with Gasteiger partial charge in [-0.2, -0.15) is 0 Å². The number of hydrogen-bond acceptors (Lipinski definition) is 1. The van der Waals surface area contributed by atoms with Crippen LogP contribution in [0.2, 0.25) is 0 Å². The summed E-state index contributed by atoms with van der Waals surface area (Å²) in [6.07, 6.45) is 12.2. The minimum Gasteiger partial charge on any atom is -0.376 e. The molecule has 0 aliphatic carbocycles. The van der Waals surface area contributed by atoms with E-state index in [1.54, 1.807) is 0 Å². The van der Waals surface area contributed by atoms with Crippen molar-refractivity contribution in [3.05, 3.63) is 0 Å². The topological polar surface area (TPSA) is 29.1 Å². The molecule has 0 saturated heterocycles. The largest absolute Gasteiger partial charge is 0.376 e. The van der Waals surface area contributed by atoms with E-state index in [9.17, 15) is 5.11 Å². The lowest BCUT2D eigenvalue weighted by Crippen LogP contribution is -2.10. The van der Waals surface area contributed by atoms with E-state index in [0.29, 0.717) is 6.61 Å². The van der Waals surface area contributed by atoms with Gasteiger partial charge in [-0.25, -0.2) is 5.11 Å². The second-order valence-corrected chi connectivity index (χ2v) is 4.65. The summed E-state index contributed by atoms with van der Waals surface area (Å²) in [4.78, 5) is 0. The van der Waals surface area contributed by atoms with E-state index < -0.39 is 0 Å². The summed E-state index contributed by atoms with van der Waals surface area (Å²) in [6, 6.07) is 0. The van der Waals surface area contributed by atoms with Crippen LogP contribution in [0.1, 0.15) is 71.6 Å². The van der Waals surface area contributed by atoms with Crippen LogP contribution < -0.4 is 0 Å². The smallest absolute Gasteiger partial charge is 0.106 e. The first-order valence-corrected chi connectivity index (χ1v) is 7.01. The van der Waals surface area contributed by atoms with Crippen molar-refractivity contribution in [1.82, 2.24) is 0 Å². The number of ether oxygens (including phenoxy) is 1. The lowest BCUT2D eigenvalue weighted by molar-refractivity contribution is 0.0162. The molecule has 0 aromatic carbocycles. The maximum atomic E-state index is 10.2. The van der Waals surface area contributed by atoms with E-state index in [2.05, 4.69) is 13.8 Å². The fourth-order valence-electron chi connectivity index (χ4n) is 1.90. The van der Waals surface area contributed by atoms with Crippen LogP contribution >= 0.6 is 0 Å². The molecule has 1 unspecified atom stereocenters. The molecule has 0 aliphatic rings. The summed E-state index contributed by atoms with van der Waals surface area (Å²) >= 11 is 0. The minimum atomic E-state index is -0.109. The standard InChI is InChI=1S/C14H29O2/c1-3-4-5-6-7-8-9-10-11-14(2)16-13-12-15/h14H,3-13H2,1-2H3. The van der Waals surface area contributed by atoms with Crippen molar-refractivity contribution in [3.63, 3.8) is 0 Å². The van der Waals surface area contributed by atoms with Crippen LogP contribution in [-0.2, 0) is 9.84 Å². The zero-order chi connectivity index (χ0) is 12.1. The van der Waals surface area contributed by atoms with Crippen molar-refractivity contribution in [3.8, 4) is 0 Å². The Bertz CT molecular complexity index is 126. The molecule has 0 saturated carbocycles. The van der Waals surface area contributed by atoms with E-state index in [0.717, 1.165) is 6.42 Å². The molecule has 2 heteroatoms. The molecular formula is C14H29O2. The molecule has 0 rings (SSSR count). The molecule has 0 N–H and O–H groups in total. The Kier molecular flexibility index (Phi) is 12.9. The van der Waals surface area contributed by atoms with Gasteiger partial charge >= 0.3 is 0 Å². The van der Waals surface area contributed by atoms with Gasteiger partial charge in [-0.15, -0.1) is 0 Å². The Labute approximate surface area is 101 Å². The molecule has 1 radical (unpaired) electrons. The fourth-order valence-corrected chi connectivity index (χ4v) is 1.90. The summed E-state index contributed by atoms with van der Waals surface area (Å²) in [5.74, 6) is 0. The molecule has 0 aromatic rings. The molecule has 1 atom stereocenters. The predicted octanol–water partition coefficient (Wildman–Crippen LogP) is 4.35. The molecule has 0 heterocycles.